The van der Waals surface area contributed by atoms with Gasteiger partial charge < -0.3 is 14.6 Å². The Labute approximate surface area is 136 Å². The van der Waals surface area contributed by atoms with Crippen molar-refractivity contribution >= 4 is 5.91 Å². The highest BCUT2D eigenvalue weighted by molar-refractivity contribution is 5.95. The number of benzene rings is 1. The van der Waals surface area contributed by atoms with Crippen molar-refractivity contribution in [1.29, 1.82) is 5.26 Å². The van der Waals surface area contributed by atoms with Gasteiger partial charge in [-0.25, -0.2) is 0 Å². The highest BCUT2D eigenvalue weighted by Gasteiger charge is 2.18. The van der Waals surface area contributed by atoms with Crippen LogP contribution in [-0.2, 0) is 11.2 Å². The van der Waals surface area contributed by atoms with Crippen LogP contribution in [0.1, 0.15) is 35.0 Å². The van der Waals surface area contributed by atoms with Crippen LogP contribution in [0, 0.1) is 11.3 Å². The second-order valence-electron chi connectivity index (χ2n) is 5.19. The van der Waals surface area contributed by atoms with Crippen molar-refractivity contribution in [3.8, 4) is 11.8 Å². The van der Waals surface area contributed by atoms with Crippen molar-refractivity contribution in [2.45, 2.75) is 19.8 Å². The van der Waals surface area contributed by atoms with Gasteiger partial charge in [-0.3, -0.25) is 4.79 Å². The highest BCUT2D eigenvalue weighted by atomic mass is 16.5. The summed E-state index contributed by atoms with van der Waals surface area (Å²) in [6.07, 6.45) is 3.41. The van der Waals surface area contributed by atoms with Crippen LogP contribution < -0.4 is 5.32 Å². The van der Waals surface area contributed by atoms with Crippen molar-refractivity contribution < 1.29 is 9.53 Å². The van der Waals surface area contributed by atoms with Crippen LogP contribution >= 0.6 is 0 Å². The summed E-state index contributed by atoms with van der Waals surface area (Å²) in [7, 11) is 1.63. The molecule has 1 N–H and O–H groups in total. The standard InChI is InChI=1S/C18H21N3O2/c1-3-14-6-4-7-16(12-14)21-10-8-15(13-19)17(21)18(22)20-9-5-11-23-2/h4,6-8,10,12H,3,5,9,11H2,1-2H3,(H,20,22). The molecule has 5 nitrogen and oxygen atoms in total. The van der Waals surface area contributed by atoms with Gasteiger partial charge in [0.15, 0.2) is 0 Å². The van der Waals surface area contributed by atoms with Crippen LogP contribution in [0.3, 0.4) is 0 Å². The van der Waals surface area contributed by atoms with E-state index in [-0.39, 0.29) is 5.91 Å². The van der Waals surface area contributed by atoms with Crippen LogP contribution in [0.5, 0.6) is 0 Å². The molecule has 2 aromatic rings. The van der Waals surface area contributed by atoms with Gasteiger partial charge in [-0.2, -0.15) is 5.26 Å². The zero-order chi connectivity index (χ0) is 16.7. The third-order valence-corrected chi connectivity index (χ3v) is 3.63. The molecule has 1 heterocycles. The maximum absolute atomic E-state index is 12.5. The summed E-state index contributed by atoms with van der Waals surface area (Å²) >= 11 is 0. The molecular weight excluding hydrogens is 290 g/mol. The van der Waals surface area contributed by atoms with Gasteiger partial charge in [0.1, 0.15) is 11.8 Å². The zero-order valence-corrected chi connectivity index (χ0v) is 13.5. The van der Waals surface area contributed by atoms with Crippen LogP contribution in [0.25, 0.3) is 5.69 Å². The molecule has 1 amide bonds. The number of nitrogens with one attached hydrogen (secondary N) is 1. The number of carbonyl (C=O) groups excluding carboxylic acids is 1. The van der Waals surface area contributed by atoms with E-state index in [1.807, 2.05) is 24.3 Å². The first-order chi connectivity index (χ1) is 11.2. The number of hydrogen-bond donors (Lipinski definition) is 1. The molecule has 1 aromatic heterocycles. The summed E-state index contributed by atoms with van der Waals surface area (Å²) in [6.45, 7) is 3.18. The topological polar surface area (TPSA) is 67.0 Å². The molecule has 0 saturated carbocycles. The third kappa shape index (κ3) is 3.99. The molecule has 1 aromatic carbocycles. The molecule has 5 heteroatoms. The summed E-state index contributed by atoms with van der Waals surface area (Å²) in [4.78, 5) is 12.5. The smallest absolute Gasteiger partial charge is 0.269 e. The molecule has 0 atom stereocenters. The number of amides is 1. The van der Waals surface area contributed by atoms with Crippen molar-refractivity contribution in [2.75, 3.05) is 20.3 Å². The van der Waals surface area contributed by atoms with E-state index in [0.717, 1.165) is 18.5 Å². The number of hydrogen-bond acceptors (Lipinski definition) is 3. The summed E-state index contributed by atoms with van der Waals surface area (Å²) in [5.41, 5.74) is 2.81. The molecule has 23 heavy (non-hydrogen) atoms. The molecule has 0 bridgehead atoms. The Bertz CT molecular complexity index is 713. The van der Waals surface area contributed by atoms with Gasteiger partial charge in [-0.15, -0.1) is 0 Å². The molecule has 2 rings (SSSR count). The largest absolute Gasteiger partial charge is 0.385 e. The maximum Gasteiger partial charge on any atom is 0.269 e. The Kier molecular flexibility index (Phi) is 5.95. The highest BCUT2D eigenvalue weighted by Crippen LogP contribution is 2.18. The lowest BCUT2D eigenvalue weighted by molar-refractivity contribution is 0.0941. The average Bonchev–Trinajstić information content (AvgIpc) is 3.02. The Hall–Kier alpha value is -2.58. The van der Waals surface area contributed by atoms with E-state index in [1.165, 1.54) is 5.56 Å². The number of nitrogens with zero attached hydrogens (tertiary/aromatic N) is 2. The quantitative estimate of drug-likeness (QED) is 0.799. The number of methoxy groups -OCH3 is 1. The molecule has 120 valence electrons. The second-order valence-corrected chi connectivity index (χ2v) is 5.19. The predicted octanol–water partition coefficient (Wildman–Crippen LogP) is 2.68. The Morgan fingerprint density at radius 3 is 2.91 bits per heavy atom. The number of aromatic nitrogens is 1. The summed E-state index contributed by atoms with van der Waals surface area (Å²) in [6, 6.07) is 11.7. The first-order valence-electron chi connectivity index (χ1n) is 7.69. The Morgan fingerprint density at radius 1 is 1.39 bits per heavy atom. The molecule has 0 radical (unpaired) electrons. The van der Waals surface area contributed by atoms with Gasteiger partial charge >= 0.3 is 0 Å². The fraction of sp³-hybridized carbons (Fsp3) is 0.333. The molecule has 0 unspecified atom stereocenters. The van der Waals surface area contributed by atoms with Gasteiger partial charge in [0.05, 0.1) is 5.56 Å². The fourth-order valence-electron chi connectivity index (χ4n) is 2.40. The van der Waals surface area contributed by atoms with E-state index in [9.17, 15) is 10.1 Å². The molecule has 0 spiro atoms. The number of carbonyl (C=O) groups is 1. The Balaban J connectivity index is 2.29. The van der Waals surface area contributed by atoms with E-state index in [1.54, 1.807) is 23.9 Å². The lowest BCUT2D eigenvalue weighted by Crippen LogP contribution is -2.27. The van der Waals surface area contributed by atoms with Crippen molar-refractivity contribution in [1.82, 2.24) is 9.88 Å². The van der Waals surface area contributed by atoms with Gasteiger partial charge in [-0.1, -0.05) is 19.1 Å². The molecule has 0 aliphatic carbocycles. The van der Waals surface area contributed by atoms with Crippen molar-refractivity contribution in [3.63, 3.8) is 0 Å². The van der Waals surface area contributed by atoms with E-state index in [2.05, 4.69) is 18.3 Å². The monoisotopic (exact) mass is 311 g/mol. The fourth-order valence-corrected chi connectivity index (χ4v) is 2.40. The number of aryl methyl sites for hydroxylation is 1. The van der Waals surface area contributed by atoms with Crippen LogP contribution in [0.4, 0.5) is 0 Å². The molecular formula is C18H21N3O2. The van der Waals surface area contributed by atoms with Crippen molar-refractivity contribution in [3.05, 3.63) is 53.3 Å². The normalized spacial score (nSPS) is 10.3. The summed E-state index contributed by atoms with van der Waals surface area (Å²) < 4.78 is 6.74. The lowest BCUT2D eigenvalue weighted by atomic mass is 10.1. The third-order valence-electron chi connectivity index (χ3n) is 3.63. The number of rotatable bonds is 7. The van der Waals surface area contributed by atoms with Crippen LogP contribution in [0.2, 0.25) is 0 Å². The van der Waals surface area contributed by atoms with E-state index < -0.39 is 0 Å². The first-order valence-corrected chi connectivity index (χ1v) is 7.69. The van der Waals surface area contributed by atoms with Gasteiger partial charge in [0.25, 0.3) is 5.91 Å². The zero-order valence-electron chi connectivity index (χ0n) is 13.5. The first kappa shape index (κ1) is 16.8. The summed E-state index contributed by atoms with van der Waals surface area (Å²) in [5.74, 6) is -0.246. The average molecular weight is 311 g/mol. The second kappa shape index (κ2) is 8.16. The minimum Gasteiger partial charge on any atom is -0.385 e. The number of nitriles is 1. The Morgan fingerprint density at radius 2 is 2.22 bits per heavy atom. The minimum atomic E-state index is -0.246. The maximum atomic E-state index is 12.5. The van der Waals surface area contributed by atoms with E-state index >= 15 is 0 Å². The number of ether oxygens (including phenoxy) is 1. The van der Waals surface area contributed by atoms with Crippen molar-refractivity contribution in [2.24, 2.45) is 0 Å². The minimum absolute atomic E-state index is 0.246. The molecule has 0 saturated heterocycles. The molecule has 0 aliphatic heterocycles. The lowest BCUT2D eigenvalue weighted by Gasteiger charge is -2.11. The SMILES string of the molecule is CCc1cccc(-n2ccc(C#N)c2C(=O)NCCCOC)c1. The van der Waals surface area contributed by atoms with Crippen LogP contribution in [-0.4, -0.2) is 30.7 Å². The van der Waals surface area contributed by atoms with E-state index in [0.29, 0.717) is 24.4 Å². The van der Waals surface area contributed by atoms with Gasteiger partial charge in [0.2, 0.25) is 0 Å². The van der Waals surface area contributed by atoms with E-state index in [4.69, 9.17) is 4.74 Å². The summed E-state index contributed by atoms with van der Waals surface area (Å²) in [5, 5.41) is 12.1. The van der Waals surface area contributed by atoms with Crippen LogP contribution in [0.15, 0.2) is 36.5 Å². The van der Waals surface area contributed by atoms with Gasteiger partial charge in [0, 0.05) is 32.1 Å². The molecule has 0 fully saturated rings. The predicted molar refractivity (Wildman–Crippen MR) is 88.7 cm³/mol. The molecule has 0 aliphatic rings. The van der Waals surface area contributed by atoms with Gasteiger partial charge in [-0.05, 0) is 36.6 Å².